The van der Waals surface area contributed by atoms with Gasteiger partial charge < -0.3 is 4.57 Å². The van der Waals surface area contributed by atoms with Gasteiger partial charge in [0.2, 0.25) is 0 Å². The first-order chi connectivity index (χ1) is 8.49. The van der Waals surface area contributed by atoms with Gasteiger partial charge in [0.25, 0.3) is 0 Å². The molecule has 0 N–H and O–H groups in total. The van der Waals surface area contributed by atoms with Gasteiger partial charge in [-0.2, -0.15) is 0 Å². The second kappa shape index (κ2) is 4.92. The molecule has 0 aliphatic rings. The van der Waals surface area contributed by atoms with E-state index in [9.17, 15) is 0 Å². The Morgan fingerprint density at radius 1 is 1.11 bits per heavy atom. The van der Waals surface area contributed by atoms with Gasteiger partial charge in [0.15, 0.2) is 5.82 Å². The number of nitrogens with zero attached hydrogens (tertiary/aromatic N) is 3. The molecule has 0 aliphatic carbocycles. The van der Waals surface area contributed by atoms with Crippen LogP contribution in [0.25, 0.3) is 11.4 Å². The third-order valence-corrected chi connectivity index (χ3v) is 3.08. The van der Waals surface area contributed by atoms with Crippen molar-refractivity contribution in [1.29, 1.82) is 0 Å². The maximum absolute atomic E-state index is 4.30. The minimum atomic E-state index is 0.589. The van der Waals surface area contributed by atoms with Crippen LogP contribution in [0.3, 0.4) is 0 Å². The Labute approximate surface area is 109 Å². The van der Waals surface area contributed by atoms with Crippen molar-refractivity contribution in [3.63, 3.8) is 0 Å². The molecule has 0 unspecified atom stereocenters. The highest BCUT2D eigenvalue weighted by molar-refractivity contribution is 5.65. The Bertz CT molecular complexity index is 530. The van der Waals surface area contributed by atoms with E-state index in [-0.39, 0.29) is 0 Å². The van der Waals surface area contributed by atoms with Crippen LogP contribution >= 0.6 is 0 Å². The number of aryl methyl sites for hydroxylation is 3. The van der Waals surface area contributed by atoms with Gasteiger partial charge in [-0.15, -0.1) is 10.2 Å². The zero-order chi connectivity index (χ0) is 13.3. The molecule has 2 rings (SSSR count). The summed E-state index contributed by atoms with van der Waals surface area (Å²) in [5.74, 6) is 1.57. The van der Waals surface area contributed by atoms with E-state index in [1.54, 1.807) is 0 Å². The fraction of sp³-hybridized carbons (Fsp3) is 0.467. The average molecular weight is 243 g/mol. The SMILES string of the molecule is Cc1cc(C)c(-c2nncn2CC(C)C)c(C)c1. The summed E-state index contributed by atoms with van der Waals surface area (Å²) < 4.78 is 2.15. The van der Waals surface area contributed by atoms with Gasteiger partial charge in [-0.1, -0.05) is 31.5 Å². The van der Waals surface area contributed by atoms with Gasteiger partial charge in [-0.05, 0) is 37.8 Å². The molecule has 0 bridgehead atoms. The highest BCUT2D eigenvalue weighted by atomic mass is 15.3. The van der Waals surface area contributed by atoms with Crippen LogP contribution in [0.4, 0.5) is 0 Å². The molecule has 0 spiro atoms. The number of hydrogen-bond donors (Lipinski definition) is 0. The Morgan fingerprint density at radius 3 is 2.28 bits per heavy atom. The monoisotopic (exact) mass is 243 g/mol. The first-order valence-electron chi connectivity index (χ1n) is 6.45. The molecular formula is C15H21N3. The van der Waals surface area contributed by atoms with Crippen LogP contribution in [0.2, 0.25) is 0 Å². The maximum Gasteiger partial charge on any atom is 0.164 e. The molecule has 3 nitrogen and oxygen atoms in total. The third-order valence-electron chi connectivity index (χ3n) is 3.08. The van der Waals surface area contributed by atoms with Crippen molar-refractivity contribution in [2.45, 2.75) is 41.2 Å². The van der Waals surface area contributed by atoms with Crippen LogP contribution < -0.4 is 0 Å². The van der Waals surface area contributed by atoms with E-state index in [0.29, 0.717) is 5.92 Å². The molecule has 0 fully saturated rings. The van der Waals surface area contributed by atoms with Crippen LogP contribution in [0.1, 0.15) is 30.5 Å². The van der Waals surface area contributed by atoms with Gasteiger partial charge in [0.1, 0.15) is 6.33 Å². The summed E-state index contributed by atoms with van der Waals surface area (Å²) >= 11 is 0. The summed E-state index contributed by atoms with van der Waals surface area (Å²) in [7, 11) is 0. The third kappa shape index (κ3) is 2.45. The molecule has 0 saturated carbocycles. The lowest BCUT2D eigenvalue weighted by Gasteiger charge is -2.13. The molecule has 0 radical (unpaired) electrons. The summed E-state index contributed by atoms with van der Waals surface area (Å²) in [4.78, 5) is 0. The number of benzene rings is 1. The quantitative estimate of drug-likeness (QED) is 0.825. The van der Waals surface area contributed by atoms with Crippen LogP contribution in [-0.2, 0) is 6.54 Å². The first kappa shape index (κ1) is 12.8. The zero-order valence-corrected chi connectivity index (χ0v) is 11.9. The molecule has 18 heavy (non-hydrogen) atoms. The molecular weight excluding hydrogens is 222 g/mol. The minimum absolute atomic E-state index is 0.589. The molecule has 0 atom stereocenters. The van der Waals surface area contributed by atoms with Gasteiger partial charge in [-0.3, -0.25) is 0 Å². The van der Waals surface area contributed by atoms with E-state index >= 15 is 0 Å². The Morgan fingerprint density at radius 2 is 1.72 bits per heavy atom. The van der Waals surface area contributed by atoms with Crippen molar-refractivity contribution in [3.05, 3.63) is 35.2 Å². The largest absolute Gasteiger partial charge is 0.313 e. The maximum atomic E-state index is 4.30. The Balaban J connectivity index is 2.52. The number of aromatic nitrogens is 3. The van der Waals surface area contributed by atoms with E-state index in [4.69, 9.17) is 0 Å². The molecule has 96 valence electrons. The number of rotatable bonds is 3. The van der Waals surface area contributed by atoms with Gasteiger partial charge >= 0.3 is 0 Å². The molecule has 0 amide bonds. The highest BCUT2D eigenvalue weighted by Gasteiger charge is 2.13. The fourth-order valence-electron chi connectivity index (χ4n) is 2.51. The van der Waals surface area contributed by atoms with Crippen LogP contribution in [0.5, 0.6) is 0 Å². The highest BCUT2D eigenvalue weighted by Crippen LogP contribution is 2.27. The minimum Gasteiger partial charge on any atom is -0.313 e. The summed E-state index contributed by atoms with van der Waals surface area (Å²) in [6.07, 6.45) is 1.83. The molecule has 3 heteroatoms. The summed E-state index contributed by atoms with van der Waals surface area (Å²) in [6.45, 7) is 11.8. The predicted molar refractivity (Wildman–Crippen MR) is 74.5 cm³/mol. The van der Waals surface area contributed by atoms with E-state index in [0.717, 1.165) is 12.4 Å². The second-order valence-electron chi connectivity index (χ2n) is 5.47. The van der Waals surface area contributed by atoms with Crippen LogP contribution in [0, 0.1) is 26.7 Å². The topological polar surface area (TPSA) is 30.7 Å². The lowest BCUT2D eigenvalue weighted by molar-refractivity contribution is 0.525. The molecule has 2 aromatic rings. The van der Waals surface area contributed by atoms with Crippen molar-refractivity contribution in [3.8, 4) is 11.4 Å². The number of hydrogen-bond acceptors (Lipinski definition) is 2. The van der Waals surface area contributed by atoms with Crippen LogP contribution in [0.15, 0.2) is 18.5 Å². The Kier molecular flexibility index (Phi) is 3.50. The normalized spacial score (nSPS) is 11.2. The van der Waals surface area contributed by atoms with Gasteiger partial charge in [0.05, 0.1) is 0 Å². The van der Waals surface area contributed by atoms with E-state index in [1.165, 1.54) is 22.3 Å². The summed E-state index contributed by atoms with van der Waals surface area (Å²) in [5.41, 5.74) is 5.05. The Hall–Kier alpha value is -1.64. The molecule has 1 aromatic heterocycles. The molecule has 1 heterocycles. The molecule has 1 aromatic carbocycles. The van der Waals surface area contributed by atoms with Crippen molar-refractivity contribution >= 4 is 0 Å². The van der Waals surface area contributed by atoms with Gasteiger partial charge in [-0.25, -0.2) is 0 Å². The zero-order valence-electron chi connectivity index (χ0n) is 11.9. The van der Waals surface area contributed by atoms with Crippen LogP contribution in [-0.4, -0.2) is 14.8 Å². The summed E-state index contributed by atoms with van der Waals surface area (Å²) in [5, 5.41) is 8.37. The van der Waals surface area contributed by atoms with E-state index in [2.05, 4.69) is 61.5 Å². The molecule has 0 saturated heterocycles. The van der Waals surface area contributed by atoms with E-state index < -0.39 is 0 Å². The summed E-state index contributed by atoms with van der Waals surface area (Å²) in [6, 6.07) is 4.41. The van der Waals surface area contributed by atoms with Gasteiger partial charge in [0, 0.05) is 12.1 Å². The molecule has 0 aliphatic heterocycles. The second-order valence-corrected chi connectivity index (χ2v) is 5.47. The average Bonchev–Trinajstić information content (AvgIpc) is 2.63. The first-order valence-corrected chi connectivity index (χ1v) is 6.45. The van der Waals surface area contributed by atoms with E-state index in [1.807, 2.05) is 6.33 Å². The van der Waals surface area contributed by atoms with Crippen molar-refractivity contribution in [2.75, 3.05) is 0 Å². The van der Waals surface area contributed by atoms with Crippen molar-refractivity contribution < 1.29 is 0 Å². The lowest BCUT2D eigenvalue weighted by Crippen LogP contribution is -2.06. The predicted octanol–water partition coefficient (Wildman–Crippen LogP) is 3.53. The standard InChI is InChI=1S/C15H21N3/c1-10(2)8-18-9-16-17-15(18)14-12(4)6-11(3)7-13(14)5/h6-7,9-10H,8H2,1-5H3. The lowest BCUT2D eigenvalue weighted by atomic mass is 9.99. The smallest absolute Gasteiger partial charge is 0.164 e. The van der Waals surface area contributed by atoms with Crippen molar-refractivity contribution in [2.24, 2.45) is 5.92 Å². The van der Waals surface area contributed by atoms with Crippen molar-refractivity contribution in [1.82, 2.24) is 14.8 Å². The fourth-order valence-corrected chi connectivity index (χ4v) is 2.51.